The Morgan fingerprint density at radius 3 is 2.79 bits per heavy atom. The quantitative estimate of drug-likeness (QED) is 0.405. The minimum absolute atomic E-state index is 0.0472. The summed E-state index contributed by atoms with van der Waals surface area (Å²) in [7, 11) is 0. The van der Waals surface area contributed by atoms with Crippen molar-refractivity contribution in [2.24, 2.45) is 28.1 Å². The fourth-order valence-corrected chi connectivity index (χ4v) is 7.43. The van der Waals surface area contributed by atoms with E-state index in [1.165, 1.54) is 6.92 Å². The monoisotopic (exact) mass is 388 g/mol. The van der Waals surface area contributed by atoms with Gasteiger partial charge in [0, 0.05) is 12.8 Å². The van der Waals surface area contributed by atoms with Crippen LogP contribution < -0.4 is 0 Å². The second kappa shape index (κ2) is 5.15. The molecule has 4 aliphatic carbocycles. The van der Waals surface area contributed by atoms with E-state index in [1.807, 2.05) is 0 Å². The van der Waals surface area contributed by atoms with Crippen LogP contribution in [0, 0.1) is 28.1 Å². The fraction of sp³-hybridized carbons (Fsp3) is 0.727. The van der Waals surface area contributed by atoms with E-state index < -0.39 is 28.8 Å². The molecule has 0 unspecified atom stereocenters. The standard InChI is InChI=1S/C22H28O6/c1-11-13-5-6-14-20-10-27-22(26,21(14,9-13)17(11)24)18(25)16(20)19(3,4)8-7-15(20)28-12(2)23/h6,13,15-16,18,25-26H,1,5,7-10H2,2-4H3/t13-,15+,16-,18+,20-,21+,22+/m1/s1. The van der Waals surface area contributed by atoms with E-state index in [0.29, 0.717) is 24.8 Å². The second-order valence-electron chi connectivity index (χ2n) is 10.1. The number of esters is 1. The van der Waals surface area contributed by atoms with Crippen LogP contribution in [0.2, 0.25) is 0 Å². The Balaban J connectivity index is 1.79. The topological polar surface area (TPSA) is 93.1 Å². The van der Waals surface area contributed by atoms with Crippen LogP contribution in [-0.4, -0.2) is 46.6 Å². The molecule has 2 aliphatic heterocycles. The Morgan fingerprint density at radius 2 is 2.11 bits per heavy atom. The number of ether oxygens (including phenoxy) is 2. The molecule has 0 aromatic rings. The lowest BCUT2D eigenvalue weighted by Gasteiger charge is -2.71. The molecule has 0 amide bonds. The zero-order valence-corrected chi connectivity index (χ0v) is 16.7. The molecule has 2 heterocycles. The zero-order valence-electron chi connectivity index (χ0n) is 16.7. The van der Waals surface area contributed by atoms with Crippen LogP contribution in [0.25, 0.3) is 0 Å². The number of allylic oxidation sites excluding steroid dienone is 2. The number of fused-ring (bicyclic) bond motifs is 2. The molecule has 6 rings (SSSR count). The molecule has 2 spiro atoms. The van der Waals surface area contributed by atoms with E-state index in [0.717, 1.165) is 12.0 Å². The van der Waals surface area contributed by atoms with Crippen molar-refractivity contribution in [2.75, 3.05) is 6.61 Å². The lowest BCUT2D eigenvalue weighted by Crippen LogP contribution is -2.81. The van der Waals surface area contributed by atoms with Gasteiger partial charge < -0.3 is 19.7 Å². The zero-order chi connectivity index (χ0) is 20.3. The molecule has 7 atom stereocenters. The van der Waals surface area contributed by atoms with Gasteiger partial charge in [-0.3, -0.25) is 9.59 Å². The van der Waals surface area contributed by atoms with E-state index in [4.69, 9.17) is 9.47 Å². The number of carbonyl (C=O) groups is 2. The fourth-order valence-electron chi connectivity index (χ4n) is 7.43. The molecule has 0 aromatic heterocycles. The predicted molar refractivity (Wildman–Crippen MR) is 98.8 cm³/mol. The molecule has 3 saturated carbocycles. The highest BCUT2D eigenvalue weighted by molar-refractivity contribution is 6.06. The van der Waals surface area contributed by atoms with Crippen LogP contribution in [0.15, 0.2) is 23.8 Å². The first-order chi connectivity index (χ1) is 13.0. The number of Topliss-reactive ketones (excluding diaryl/α,β-unsaturated/α-hetero) is 1. The first-order valence-electron chi connectivity index (χ1n) is 10.2. The SMILES string of the molecule is C=C1C(=O)[C@]23C[C@H]1CC=C2[C@@]12CO[C@@]3(O)[C@@H](O)[C@@H]1C(C)(C)CC[C@@H]2OC(C)=O. The molecule has 6 nitrogen and oxygen atoms in total. The summed E-state index contributed by atoms with van der Waals surface area (Å²) in [5.74, 6) is -3.02. The van der Waals surface area contributed by atoms with Crippen LogP contribution in [0.5, 0.6) is 0 Å². The van der Waals surface area contributed by atoms with Crippen molar-refractivity contribution in [1.29, 1.82) is 0 Å². The van der Waals surface area contributed by atoms with Crippen LogP contribution in [0.3, 0.4) is 0 Å². The van der Waals surface area contributed by atoms with Gasteiger partial charge in [-0.25, -0.2) is 0 Å². The highest BCUT2D eigenvalue weighted by Crippen LogP contribution is 2.75. The van der Waals surface area contributed by atoms with Gasteiger partial charge in [0.1, 0.15) is 17.6 Å². The van der Waals surface area contributed by atoms with Gasteiger partial charge in [-0.1, -0.05) is 26.5 Å². The van der Waals surface area contributed by atoms with Crippen LogP contribution in [0.4, 0.5) is 0 Å². The van der Waals surface area contributed by atoms with Crippen molar-refractivity contribution in [3.63, 3.8) is 0 Å². The first-order valence-corrected chi connectivity index (χ1v) is 10.2. The molecule has 2 N–H and O–H groups in total. The predicted octanol–water partition coefficient (Wildman–Crippen LogP) is 1.90. The molecule has 0 aromatic carbocycles. The van der Waals surface area contributed by atoms with Gasteiger partial charge in [0.25, 0.3) is 0 Å². The van der Waals surface area contributed by atoms with Crippen LogP contribution in [-0.2, 0) is 19.1 Å². The summed E-state index contributed by atoms with van der Waals surface area (Å²) in [5.41, 5.74) is -1.15. The van der Waals surface area contributed by atoms with E-state index in [-0.39, 0.29) is 35.6 Å². The molecule has 6 aliphatic rings. The van der Waals surface area contributed by atoms with Crippen LogP contribution >= 0.6 is 0 Å². The van der Waals surface area contributed by atoms with Gasteiger partial charge >= 0.3 is 5.97 Å². The van der Waals surface area contributed by atoms with Gasteiger partial charge in [0.05, 0.1) is 12.0 Å². The number of hydrogen-bond donors (Lipinski definition) is 2. The second-order valence-corrected chi connectivity index (χ2v) is 10.1. The summed E-state index contributed by atoms with van der Waals surface area (Å²) in [5, 5.41) is 23.2. The van der Waals surface area contributed by atoms with Crippen molar-refractivity contribution in [3.05, 3.63) is 23.8 Å². The van der Waals surface area contributed by atoms with Crippen molar-refractivity contribution >= 4 is 11.8 Å². The first kappa shape index (κ1) is 18.5. The van der Waals surface area contributed by atoms with Gasteiger partial charge in [-0.15, -0.1) is 0 Å². The maximum absolute atomic E-state index is 13.4. The molecular weight excluding hydrogens is 360 g/mol. The number of carbonyl (C=O) groups excluding carboxylic acids is 2. The average Bonchev–Trinajstić information content (AvgIpc) is 2.81. The molecule has 5 fully saturated rings. The Morgan fingerprint density at radius 1 is 1.39 bits per heavy atom. The summed E-state index contributed by atoms with van der Waals surface area (Å²) in [6.45, 7) is 9.65. The lowest BCUT2D eigenvalue weighted by atomic mass is 9.39. The minimum atomic E-state index is -1.98. The summed E-state index contributed by atoms with van der Waals surface area (Å²) >= 11 is 0. The minimum Gasteiger partial charge on any atom is -0.462 e. The lowest BCUT2D eigenvalue weighted by molar-refractivity contribution is -0.403. The summed E-state index contributed by atoms with van der Waals surface area (Å²) in [4.78, 5) is 25.4. The van der Waals surface area contributed by atoms with Crippen molar-refractivity contribution in [1.82, 2.24) is 0 Å². The summed E-state index contributed by atoms with van der Waals surface area (Å²) < 4.78 is 11.7. The normalized spacial score (nSPS) is 50.7. The number of hydrogen-bond acceptors (Lipinski definition) is 6. The average molecular weight is 388 g/mol. The molecule has 0 radical (unpaired) electrons. The van der Waals surface area contributed by atoms with Gasteiger partial charge in [-0.05, 0) is 48.2 Å². The third kappa shape index (κ3) is 1.73. The third-order valence-electron chi connectivity index (χ3n) is 8.48. The number of ketones is 1. The van der Waals surface area contributed by atoms with Crippen LogP contribution in [0.1, 0.15) is 46.5 Å². The third-order valence-corrected chi connectivity index (χ3v) is 8.48. The van der Waals surface area contributed by atoms with Crippen molar-refractivity contribution in [3.8, 4) is 0 Å². The smallest absolute Gasteiger partial charge is 0.302 e. The Bertz CT molecular complexity index is 842. The largest absolute Gasteiger partial charge is 0.462 e. The maximum atomic E-state index is 13.4. The van der Waals surface area contributed by atoms with Gasteiger partial charge in [0.2, 0.25) is 5.79 Å². The van der Waals surface area contributed by atoms with Crippen molar-refractivity contribution in [2.45, 2.75) is 64.4 Å². The molecule has 2 saturated heterocycles. The Labute approximate surface area is 164 Å². The number of aliphatic hydroxyl groups is 2. The summed E-state index contributed by atoms with van der Waals surface area (Å²) in [6.07, 6.45) is 2.75. The van der Waals surface area contributed by atoms with E-state index in [1.54, 1.807) is 0 Å². The highest BCUT2D eigenvalue weighted by atomic mass is 16.6. The van der Waals surface area contributed by atoms with E-state index in [9.17, 15) is 19.8 Å². The highest BCUT2D eigenvalue weighted by Gasteiger charge is 2.82. The number of rotatable bonds is 1. The Hall–Kier alpha value is -1.50. The maximum Gasteiger partial charge on any atom is 0.302 e. The Kier molecular flexibility index (Phi) is 3.41. The molecule has 28 heavy (non-hydrogen) atoms. The molecule has 6 heteroatoms. The van der Waals surface area contributed by atoms with Gasteiger partial charge in [-0.2, -0.15) is 0 Å². The molecule has 4 bridgehead atoms. The van der Waals surface area contributed by atoms with Crippen molar-refractivity contribution < 1.29 is 29.3 Å². The molecular formula is C22H28O6. The van der Waals surface area contributed by atoms with Gasteiger partial charge in [0.15, 0.2) is 5.78 Å². The number of aliphatic hydroxyl groups excluding tert-OH is 1. The van der Waals surface area contributed by atoms with E-state index >= 15 is 0 Å². The summed E-state index contributed by atoms with van der Waals surface area (Å²) in [6, 6.07) is 0. The molecule has 152 valence electrons. The van der Waals surface area contributed by atoms with E-state index in [2.05, 4.69) is 26.5 Å².